The molecule has 32 heavy (non-hydrogen) atoms. The van der Waals surface area contributed by atoms with Crippen molar-refractivity contribution in [3.63, 3.8) is 0 Å². The number of Topliss-reactive ketones (excluding diaryl/α,β-unsaturated/α-hetero) is 1. The first kappa shape index (κ1) is 23.9. The van der Waals surface area contributed by atoms with Crippen LogP contribution in [0.2, 0.25) is 5.04 Å². The Labute approximate surface area is 192 Å². The molecule has 2 aromatic carbocycles. The van der Waals surface area contributed by atoms with Crippen molar-refractivity contribution in [2.45, 2.75) is 38.3 Å². The second-order valence-electron chi connectivity index (χ2n) is 8.52. The number of methoxy groups -OCH3 is 4. The van der Waals surface area contributed by atoms with E-state index in [9.17, 15) is 4.79 Å². The Balaban J connectivity index is 2.19. The summed E-state index contributed by atoms with van der Waals surface area (Å²) in [6.07, 6.45) is -0.0428. The minimum Gasteiger partial charge on any atom is -0.497 e. The van der Waals surface area contributed by atoms with Gasteiger partial charge in [-0.2, -0.15) is 0 Å². The molecule has 1 atom stereocenters. The topological polar surface area (TPSA) is 63.2 Å². The molecule has 0 saturated heterocycles. The SMILES string of the molecule is COc1ccc(C2=C(c3cc(OC)c(OC)c(OC)c3)C(=O)CC2O[Si]C(C)(C)C)cc1. The molecular weight excluding hydrogens is 424 g/mol. The van der Waals surface area contributed by atoms with Crippen molar-refractivity contribution in [2.24, 2.45) is 0 Å². The van der Waals surface area contributed by atoms with Gasteiger partial charge in [0.2, 0.25) is 15.5 Å². The first-order valence-electron chi connectivity index (χ1n) is 10.4. The summed E-state index contributed by atoms with van der Waals surface area (Å²) in [6.45, 7) is 6.37. The highest BCUT2D eigenvalue weighted by Gasteiger charge is 2.36. The van der Waals surface area contributed by atoms with Gasteiger partial charge in [-0.25, -0.2) is 0 Å². The maximum Gasteiger partial charge on any atom is 0.236 e. The summed E-state index contributed by atoms with van der Waals surface area (Å²) in [4.78, 5) is 13.3. The van der Waals surface area contributed by atoms with Crippen LogP contribution >= 0.6 is 0 Å². The van der Waals surface area contributed by atoms with Crippen LogP contribution in [-0.2, 0) is 9.22 Å². The second kappa shape index (κ2) is 9.79. The Morgan fingerprint density at radius 3 is 1.91 bits per heavy atom. The average molecular weight is 455 g/mol. The van der Waals surface area contributed by atoms with E-state index in [1.807, 2.05) is 36.4 Å². The van der Waals surface area contributed by atoms with E-state index >= 15 is 0 Å². The normalized spacial score (nSPS) is 16.3. The fourth-order valence-corrected chi connectivity index (χ4v) is 4.37. The Kier molecular flexibility index (Phi) is 7.31. The third kappa shape index (κ3) is 5.00. The van der Waals surface area contributed by atoms with Gasteiger partial charge in [-0.3, -0.25) is 4.79 Å². The Morgan fingerprint density at radius 1 is 0.844 bits per heavy atom. The zero-order valence-corrected chi connectivity index (χ0v) is 20.7. The molecule has 0 spiro atoms. The molecule has 0 amide bonds. The molecule has 0 bridgehead atoms. The van der Waals surface area contributed by atoms with Gasteiger partial charge >= 0.3 is 0 Å². The zero-order chi connectivity index (χ0) is 23.5. The Morgan fingerprint density at radius 2 is 1.44 bits per heavy atom. The molecule has 170 valence electrons. The van der Waals surface area contributed by atoms with Crippen LogP contribution in [-0.4, -0.2) is 50.1 Å². The summed E-state index contributed by atoms with van der Waals surface area (Å²) >= 11 is 0. The van der Waals surface area contributed by atoms with E-state index in [1.165, 1.54) is 0 Å². The maximum atomic E-state index is 13.3. The van der Waals surface area contributed by atoms with Gasteiger partial charge in [-0.15, -0.1) is 0 Å². The number of benzene rings is 2. The molecule has 6 nitrogen and oxygen atoms in total. The third-order valence-electron chi connectivity index (χ3n) is 5.10. The van der Waals surface area contributed by atoms with Crippen LogP contribution < -0.4 is 18.9 Å². The van der Waals surface area contributed by atoms with Gasteiger partial charge in [0.05, 0.1) is 34.5 Å². The number of hydrogen-bond acceptors (Lipinski definition) is 6. The van der Waals surface area contributed by atoms with Crippen LogP contribution in [0.15, 0.2) is 36.4 Å². The predicted molar refractivity (Wildman–Crippen MR) is 126 cm³/mol. The van der Waals surface area contributed by atoms with Crippen LogP contribution in [0, 0.1) is 0 Å². The van der Waals surface area contributed by atoms with Crippen LogP contribution in [0.25, 0.3) is 11.1 Å². The minimum absolute atomic E-state index is 0.00335. The van der Waals surface area contributed by atoms with Crippen LogP contribution in [0.3, 0.4) is 0 Å². The average Bonchev–Trinajstić information content (AvgIpc) is 3.12. The monoisotopic (exact) mass is 454 g/mol. The number of rotatable bonds is 8. The fraction of sp³-hybridized carbons (Fsp3) is 0.400. The lowest BCUT2D eigenvalue weighted by molar-refractivity contribution is -0.114. The number of hydrogen-bond donors (Lipinski definition) is 0. The van der Waals surface area contributed by atoms with Crippen molar-refractivity contribution in [3.8, 4) is 23.0 Å². The lowest BCUT2D eigenvalue weighted by atomic mass is 9.95. The van der Waals surface area contributed by atoms with Crippen molar-refractivity contribution in [1.82, 2.24) is 0 Å². The van der Waals surface area contributed by atoms with Crippen molar-refractivity contribution in [3.05, 3.63) is 47.5 Å². The van der Waals surface area contributed by atoms with Gasteiger partial charge < -0.3 is 23.4 Å². The van der Waals surface area contributed by atoms with Crippen molar-refractivity contribution in [1.29, 1.82) is 0 Å². The molecule has 3 rings (SSSR count). The third-order valence-corrected chi connectivity index (χ3v) is 6.12. The van der Waals surface area contributed by atoms with Crippen molar-refractivity contribution in [2.75, 3.05) is 28.4 Å². The molecule has 0 heterocycles. The fourth-order valence-electron chi connectivity index (χ4n) is 3.67. The Bertz CT molecular complexity index is 979. The van der Waals surface area contributed by atoms with Gasteiger partial charge in [-0.1, -0.05) is 32.9 Å². The first-order valence-corrected chi connectivity index (χ1v) is 11.3. The number of ketones is 1. The van der Waals surface area contributed by atoms with Crippen LogP contribution in [0.1, 0.15) is 38.3 Å². The molecule has 1 aliphatic carbocycles. The molecule has 0 saturated carbocycles. The molecule has 0 N–H and O–H groups in total. The number of carbonyl (C=O) groups excluding carboxylic acids is 1. The second-order valence-corrected chi connectivity index (χ2v) is 10.5. The highest BCUT2D eigenvalue weighted by Crippen LogP contribution is 2.45. The first-order chi connectivity index (χ1) is 15.2. The number of allylic oxidation sites excluding steroid dienone is 1. The largest absolute Gasteiger partial charge is 0.497 e. The van der Waals surface area contributed by atoms with E-state index in [1.54, 1.807) is 28.4 Å². The number of carbonyl (C=O) groups is 1. The summed E-state index contributed by atoms with van der Waals surface area (Å²) in [5.74, 6) is 2.25. The van der Waals surface area contributed by atoms with E-state index in [2.05, 4.69) is 20.8 Å². The molecule has 0 aromatic heterocycles. The van der Waals surface area contributed by atoms with E-state index < -0.39 is 0 Å². The van der Waals surface area contributed by atoms with Crippen LogP contribution in [0.5, 0.6) is 23.0 Å². The predicted octanol–water partition coefficient (Wildman–Crippen LogP) is 4.83. The van der Waals surface area contributed by atoms with Crippen molar-refractivity contribution < 1.29 is 28.2 Å². The molecule has 7 heteroatoms. The molecule has 0 aliphatic heterocycles. The quantitative estimate of drug-likeness (QED) is 0.533. The molecule has 1 aliphatic rings. The molecule has 1 unspecified atom stereocenters. The smallest absolute Gasteiger partial charge is 0.236 e. The van der Waals surface area contributed by atoms with E-state index in [4.69, 9.17) is 23.4 Å². The van der Waals surface area contributed by atoms with Gasteiger partial charge in [0, 0.05) is 12.0 Å². The summed E-state index contributed by atoms with van der Waals surface area (Å²) in [5.41, 5.74) is 3.10. The lowest BCUT2D eigenvalue weighted by Gasteiger charge is -2.22. The summed E-state index contributed by atoms with van der Waals surface area (Å²) in [6, 6.07) is 11.3. The van der Waals surface area contributed by atoms with Crippen LogP contribution in [0.4, 0.5) is 0 Å². The highest BCUT2D eigenvalue weighted by molar-refractivity contribution is 6.35. The van der Waals surface area contributed by atoms with Gasteiger partial charge in [0.1, 0.15) is 5.75 Å². The Hall–Kier alpha value is -2.77. The van der Waals surface area contributed by atoms with E-state index in [0.29, 0.717) is 28.4 Å². The maximum absolute atomic E-state index is 13.3. The van der Waals surface area contributed by atoms with E-state index in [0.717, 1.165) is 16.9 Å². The standard InChI is InChI=1S/C25H30O6Si/c1-25(2,3)32-31-19-14-18(26)22(23(19)15-8-10-17(27-4)11-9-15)16-12-20(28-5)24(30-7)21(13-16)29-6/h8-13,19H,14H2,1-7H3. The molecule has 2 aromatic rings. The van der Waals surface area contributed by atoms with Gasteiger partial charge in [0.15, 0.2) is 17.3 Å². The van der Waals surface area contributed by atoms with Crippen molar-refractivity contribution >= 4 is 26.7 Å². The summed E-state index contributed by atoms with van der Waals surface area (Å²) < 4.78 is 28.1. The summed E-state index contributed by atoms with van der Waals surface area (Å²) in [5, 5.41) is 0.00335. The minimum atomic E-state index is -0.331. The highest BCUT2D eigenvalue weighted by atomic mass is 28.2. The summed E-state index contributed by atoms with van der Waals surface area (Å²) in [7, 11) is 6.56. The molecule has 2 radical (unpaired) electrons. The molecule has 0 fully saturated rings. The van der Waals surface area contributed by atoms with Gasteiger partial charge in [-0.05, 0) is 46.0 Å². The number of ether oxygens (including phenoxy) is 4. The van der Waals surface area contributed by atoms with E-state index in [-0.39, 0.29) is 33.1 Å². The molecular formula is C25H30O6Si. The zero-order valence-electron chi connectivity index (χ0n) is 19.7. The lowest BCUT2D eigenvalue weighted by Crippen LogP contribution is -2.21. The van der Waals surface area contributed by atoms with Gasteiger partial charge in [0.25, 0.3) is 0 Å².